The van der Waals surface area contributed by atoms with Gasteiger partial charge in [-0.2, -0.15) is 0 Å². The van der Waals surface area contributed by atoms with Crippen LogP contribution in [0.15, 0.2) is 41.1 Å². The van der Waals surface area contributed by atoms with Gasteiger partial charge in [0, 0.05) is 29.3 Å². The number of aryl methyl sites for hydroxylation is 1. The Morgan fingerprint density at radius 3 is 3.06 bits per heavy atom. The molecular weight excluding hydrogens is 296 g/mol. The molecule has 1 aromatic heterocycles. The van der Waals surface area contributed by atoms with Crippen molar-refractivity contribution in [3.05, 3.63) is 46.7 Å². The van der Waals surface area contributed by atoms with Gasteiger partial charge < -0.3 is 5.32 Å². The van der Waals surface area contributed by atoms with Crippen LogP contribution in [0.5, 0.6) is 0 Å². The van der Waals surface area contributed by atoms with E-state index in [-0.39, 0.29) is 5.91 Å². The Kier molecular flexibility index (Phi) is 4.46. The Morgan fingerprint density at radius 1 is 1.44 bits per heavy atom. The Morgan fingerprint density at radius 2 is 2.33 bits per heavy atom. The molecule has 1 amide bonds. The zero-order valence-corrected chi connectivity index (χ0v) is 11.3. The number of rotatable bonds is 5. The highest BCUT2D eigenvalue weighted by atomic mass is 79.9. The molecule has 0 fully saturated rings. The van der Waals surface area contributed by atoms with Crippen LogP contribution >= 0.6 is 15.9 Å². The summed E-state index contributed by atoms with van der Waals surface area (Å²) in [6.45, 7) is 1.37. The average molecular weight is 309 g/mol. The van der Waals surface area contributed by atoms with Gasteiger partial charge in [-0.05, 0) is 24.6 Å². The van der Waals surface area contributed by atoms with Crippen molar-refractivity contribution in [2.24, 2.45) is 0 Å². The summed E-state index contributed by atoms with van der Waals surface area (Å²) >= 11 is 3.34. The molecule has 0 radical (unpaired) electrons. The van der Waals surface area contributed by atoms with E-state index >= 15 is 0 Å². The summed E-state index contributed by atoms with van der Waals surface area (Å²) in [5, 5.41) is 10.4. The fraction of sp³-hybridized carbons (Fsp3) is 0.250. The number of halogens is 1. The summed E-state index contributed by atoms with van der Waals surface area (Å²) in [6, 6.07) is 7.32. The number of nitrogens with zero attached hydrogens (tertiary/aromatic N) is 3. The molecule has 0 aliphatic rings. The molecule has 2 rings (SSSR count). The average Bonchev–Trinajstić information content (AvgIpc) is 2.87. The second-order valence-electron chi connectivity index (χ2n) is 3.79. The third kappa shape index (κ3) is 3.66. The van der Waals surface area contributed by atoms with Gasteiger partial charge in [-0.3, -0.25) is 9.48 Å². The fourth-order valence-corrected chi connectivity index (χ4v) is 1.93. The van der Waals surface area contributed by atoms with E-state index in [4.69, 9.17) is 0 Å². The monoisotopic (exact) mass is 308 g/mol. The normalized spacial score (nSPS) is 10.3. The van der Waals surface area contributed by atoms with Crippen molar-refractivity contribution >= 4 is 21.8 Å². The van der Waals surface area contributed by atoms with Gasteiger partial charge in [-0.1, -0.05) is 27.2 Å². The number of amides is 1. The molecule has 94 valence electrons. The third-order valence-corrected chi connectivity index (χ3v) is 2.90. The smallest absolute Gasteiger partial charge is 0.251 e. The lowest BCUT2D eigenvalue weighted by Crippen LogP contribution is -2.25. The molecule has 0 saturated heterocycles. The second kappa shape index (κ2) is 6.30. The molecule has 1 aromatic carbocycles. The van der Waals surface area contributed by atoms with Crippen LogP contribution in [-0.2, 0) is 6.54 Å². The highest BCUT2D eigenvalue weighted by Crippen LogP contribution is 2.11. The SMILES string of the molecule is O=C(NCCCn1ccnn1)c1cccc(Br)c1. The molecule has 2 aromatic rings. The lowest BCUT2D eigenvalue weighted by atomic mass is 10.2. The Hall–Kier alpha value is -1.69. The lowest BCUT2D eigenvalue weighted by molar-refractivity contribution is 0.0952. The lowest BCUT2D eigenvalue weighted by Gasteiger charge is -2.05. The highest BCUT2D eigenvalue weighted by molar-refractivity contribution is 9.10. The summed E-state index contributed by atoms with van der Waals surface area (Å²) in [5.41, 5.74) is 0.658. The van der Waals surface area contributed by atoms with Gasteiger partial charge in [0.15, 0.2) is 0 Å². The van der Waals surface area contributed by atoms with E-state index < -0.39 is 0 Å². The Labute approximate surface area is 113 Å². The molecule has 0 bridgehead atoms. The summed E-state index contributed by atoms with van der Waals surface area (Å²) in [7, 11) is 0. The van der Waals surface area contributed by atoms with Gasteiger partial charge in [0.05, 0.1) is 6.20 Å². The van der Waals surface area contributed by atoms with Crippen molar-refractivity contribution in [3.8, 4) is 0 Å². The van der Waals surface area contributed by atoms with Crippen molar-refractivity contribution in [1.29, 1.82) is 0 Å². The minimum Gasteiger partial charge on any atom is -0.352 e. The first-order valence-corrected chi connectivity index (χ1v) is 6.43. The predicted octanol–water partition coefficient (Wildman–Crippen LogP) is 1.86. The molecule has 0 aliphatic heterocycles. The molecule has 18 heavy (non-hydrogen) atoms. The summed E-state index contributed by atoms with van der Waals surface area (Å²) in [5.74, 6) is -0.0603. The van der Waals surface area contributed by atoms with E-state index in [0.29, 0.717) is 12.1 Å². The van der Waals surface area contributed by atoms with E-state index in [1.807, 2.05) is 12.1 Å². The number of hydrogen-bond donors (Lipinski definition) is 1. The molecule has 1 heterocycles. The van der Waals surface area contributed by atoms with Gasteiger partial charge in [0.1, 0.15) is 0 Å². The van der Waals surface area contributed by atoms with Crippen LogP contribution in [0.4, 0.5) is 0 Å². The Balaban J connectivity index is 1.75. The van der Waals surface area contributed by atoms with Crippen LogP contribution in [0, 0.1) is 0 Å². The quantitative estimate of drug-likeness (QED) is 0.858. The van der Waals surface area contributed by atoms with Gasteiger partial charge in [-0.25, -0.2) is 0 Å². The summed E-state index contributed by atoms with van der Waals surface area (Å²) in [4.78, 5) is 11.8. The van der Waals surface area contributed by atoms with Crippen LogP contribution in [0.25, 0.3) is 0 Å². The molecule has 0 saturated carbocycles. The second-order valence-corrected chi connectivity index (χ2v) is 4.70. The maximum absolute atomic E-state index is 11.8. The molecule has 0 atom stereocenters. The van der Waals surface area contributed by atoms with Crippen molar-refractivity contribution in [1.82, 2.24) is 20.3 Å². The molecule has 5 nitrogen and oxygen atoms in total. The topological polar surface area (TPSA) is 59.8 Å². The number of benzene rings is 1. The molecule has 6 heteroatoms. The molecule has 0 unspecified atom stereocenters. The van der Waals surface area contributed by atoms with Gasteiger partial charge in [0.2, 0.25) is 0 Å². The summed E-state index contributed by atoms with van der Waals surface area (Å²) < 4.78 is 2.64. The van der Waals surface area contributed by atoms with E-state index in [9.17, 15) is 4.79 Å². The Bertz CT molecular complexity index is 513. The van der Waals surface area contributed by atoms with E-state index in [0.717, 1.165) is 17.4 Å². The van der Waals surface area contributed by atoms with Crippen molar-refractivity contribution in [2.45, 2.75) is 13.0 Å². The van der Waals surface area contributed by atoms with E-state index in [1.165, 1.54) is 0 Å². The first-order valence-electron chi connectivity index (χ1n) is 5.63. The van der Waals surface area contributed by atoms with Crippen molar-refractivity contribution in [3.63, 3.8) is 0 Å². The van der Waals surface area contributed by atoms with Crippen LogP contribution in [0.1, 0.15) is 16.8 Å². The minimum atomic E-state index is -0.0603. The largest absolute Gasteiger partial charge is 0.352 e. The van der Waals surface area contributed by atoms with Crippen LogP contribution < -0.4 is 5.32 Å². The van der Waals surface area contributed by atoms with E-state index in [1.54, 1.807) is 29.2 Å². The number of aromatic nitrogens is 3. The minimum absolute atomic E-state index is 0.0603. The van der Waals surface area contributed by atoms with Gasteiger partial charge >= 0.3 is 0 Å². The fourth-order valence-electron chi connectivity index (χ4n) is 1.53. The van der Waals surface area contributed by atoms with Gasteiger partial charge in [-0.15, -0.1) is 5.10 Å². The number of nitrogens with one attached hydrogen (secondary N) is 1. The van der Waals surface area contributed by atoms with E-state index in [2.05, 4.69) is 31.6 Å². The maximum Gasteiger partial charge on any atom is 0.251 e. The standard InChI is InChI=1S/C12H13BrN4O/c13-11-4-1-3-10(9-11)12(18)14-5-2-7-17-8-6-15-16-17/h1,3-4,6,8-9H,2,5,7H2,(H,14,18). The van der Waals surface area contributed by atoms with Crippen LogP contribution in [0.3, 0.4) is 0 Å². The zero-order valence-electron chi connectivity index (χ0n) is 9.71. The number of carbonyl (C=O) groups excluding carboxylic acids is 1. The summed E-state index contributed by atoms with van der Waals surface area (Å²) in [6.07, 6.45) is 4.26. The zero-order chi connectivity index (χ0) is 12.8. The number of carbonyl (C=O) groups is 1. The highest BCUT2D eigenvalue weighted by Gasteiger charge is 2.04. The molecule has 1 N–H and O–H groups in total. The van der Waals surface area contributed by atoms with Gasteiger partial charge in [0.25, 0.3) is 5.91 Å². The first kappa shape index (κ1) is 12.8. The molecule has 0 spiro atoms. The third-order valence-electron chi connectivity index (χ3n) is 2.41. The molecule has 0 aliphatic carbocycles. The maximum atomic E-state index is 11.8. The van der Waals surface area contributed by atoms with Crippen molar-refractivity contribution in [2.75, 3.05) is 6.54 Å². The van der Waals surface area contributed by atoms with Crippen LogP contribution in [-0.4, -0.2) is 27.4 Å². The molecular formula is C12H13BrN4O. The first-order chi connectivity index (χ1) is 8.75. The predicted molar refractivity (Wildman–Crippen MR) is 71.1 cm³/mol. The van der Waals surface area contributed by atoms with Crippen LogP contribution in [0.2, 0.25) is 0 Å². The number of hydrogen-bond acceptors (Lipinski definition) is 3. The van der Waals surface area contributed by atoms with Crippen molar-refractivity contribution < 1.29 is 4.79 Å².